The lowest BCUT2D eigenvalue weighted by Gasteiger charge is -2.21. The Morgan fingerprint density at radius 2 is 2.36 bits per heavy atom. The third kappa shape index (κ3) is 1.46. The van der Waals surface area contributed by atoms with Gasteiger partial charge in [-0.1, -0.05) is 12.2 Å². The minimum atomic E-state index is 0.566. The van der Waals surface area contributed by atoms with Crippen LogP contribution in [0.2, 0.25) is 0 Å². The monoisotopic (exact) mass is 149 g/mol. The van der Waals surface area contributed by atoms with Crippen molar-refractivity contribution in [2.45, 2.75) is 18.9 Å². The van der Waals surface area contributed by atoms with Gasteiger partial charge >= 0.3 is 0 Å². The molecule has 0 saturated carbocycles. The molecular formula is C9H13N2. The molecule has 0 bridgehead atoms. The van der Waals surface area contributed by atoms with Crippen LogP contribution >= 0.6 is 0 Å². The van der Waals surface area contributed by atoms with Crippen LogP contribution in [0.3, 0.4) is 0 Å². The lowest BCUT2D eigenvalue weighted by atomic mass is 10.1. The van der Waals surface area contributed by atoms with Crippen molar-refractivity contribution in [3.63, 3.8) is 0 Å². The first-order chi connectivity index (χ1) is 5.47. The van der Waals surface area contributed by atoms with Crippen LogP contribution in [-0.4, -0.2) is 12.6 Å². The molecule has 1 atom stereocenters. The van der Waals surface area contributed by atoms with Gasteiger partial charge in [-0.25, -0.2) is 0 Å². The van der Waals surface area contributed by atoms with Crippen molar-refractivity contribution >= 4 is 0 Å². The maximum Gasteiger partial charge on any atom is 0.0992 e. The van der Waals surface area contributed by atoms with E-state index in [0.29, 0.717) is 6.04 Å². The lowest BCUT2D eigenvalue weighted by molar-refractivity contribution is 0.597. The molecular weight excluding hydrogens is 136 g/mol. The van der Waals surface area contributed by atoms with Gasteiger partial charge in [0.25, 0.3) is 0 Å². The smallest absolute Gasteiger partial charge is 0.0992 e. The molecule has 2 aliphatic heterocycles. The SMILES string of the molecule is C1=CN[C](C2CCCN2)C=C1. The van der Waals surface area contributed by atoms with Gasteiger partial charge in [-0.3, -0.25) is 0 Å². The van der Waals surface area contributed by atoms with Crippen molar-refractivity contribution in [3.8, 4) is 0 Å². The predicted molar refractivity (Wildman–Crippen MR) is 45.7 cm³/mol. The van der Waals surface area contributed by atoms with Gasteiger partial charge in [-0.05, 0) is 31.7 Å². The van der Waals surface area contributed by atoms with Crippen LogP contribution in [0.1, 0.15) is 12.8 Å². The molecule has 1 fully saturated rings. The van der Waals surface area contributed by atoms with Crippen molar-refractivity contribution in [2.24, 2.45) is 0 Å². The summed E-state index contributed by atoms with van der Waals surface area (Å²) in [6.45, 7) is 1.16. The number of hydrogen-bond donors (Lipinski definition) is 2. The van der Waals surface area contributed by atoms with Gasteiger partial charge < -0.3 is 10.6 Å². The Bertz CT molecular complexity index is 178. The van der Waals surface area contributed by atoms with Crippen LogP contribution in [0.5, 0.6) is 0 Å². The second-order valence-electron chi connectivity index (χ2n) is 2.97. The number of dihydropyridines is 1. The summed E-state index contributed by atoms with van der Waals surface area (Å²) >= 11 is 0. The van der Waals surface area contributed by atoms with Gasteiger partial charge in [0.2, 0.25) is 0 Å². The summed E-state index contributed by atoms with van der Waals surface area (Å²) in [6, 6.07) is 1.88. The zero-order valence-corrected chi connectivity index (χ0v) is 6.51. The highest BCUT2D eigenvalue weighted by molar-refractivity contribution is 5.25. The van der Waals surface area contributed by atoms with E-state index in [2.05, 4.69) is 22.8 Å². The minimum absolute atomic E-state index is 0.566. The van der Waals surface area contributed by atoms with Gasteiger partial charge in [0.1, 0.15) is 0 Å². The predicted octanol–water partition coefficient (Wildman–Crippen LogP) is 0.943. The van der Waals surface area contributed by atoms with Gasteiger partial charge in [-0.15, -0.1) is 0 Å². The summed E-state index contributed by atoms with van der Waals surface area (Å²) in [4.78, 5) is 0. The van der Waals surface area contributed by atoms with Gasteiger partial charge in [-0.2, -0.15) is 0 Å². The third-order valence-electron chi connectivity index (χ3n) is 2.17. The molecule has 1 unspecified atom stereocenters. The maximum absolute atomic E-state index is 3.44. The largest absolute Gasteiger partial charge is 0.378 e. The molecule has 1 radical (unpaired) electrons. The van der Waals surface area contributed by atoms with Crippen LogP contribution in [0.15, 0.2) is 24.4 Å². The van der Waals surface area contributed by atoms with Crippen molar-refractivity contribution in [3.05, 3.63) is 30.5 Å². The first-order valence-electron chi connectivity index (χ1n) is 4.17. The topological polar surface area (TPSA) is 24.1 Å². The third-order valence-corrected chi connectivity index (χ3v) is 2.17. The van der Waals surface area contributed by atoms with E-state index in [1.807, 2.05) is 12.3 Å². The zero-order chi connectivity index (χ0) is 7.52. The van der Waals surface area contributed by atoms with Crippen LogP contribution in [0.25, 0.3) is 0 Å². The van der Waals surface area contributed by atoms with E-state index in [1.165, 1.54) is 18.9 Å². The van der Waals surface area contributed by atoms with Crippen molar-refractivity contribution in [1.29, 1.82) is 0 Å². The van der Waals surface area contributed by atoms with E-state index in [4.69, 9.17) is 0 Å². The molecule has 1 saturated heterocycles. The average molecular weight is 149 g/mol. The molecule has 2 rings (SSSR count). The van der Waals surface area contributed by atoms with Crippen molar-refractivity contribution in [2.75, 3.05) is 6.54 Å². The summed E-state index contributed by atoms with van der Waals surface area (Å²) < 4.78 is 0. The van der Waals surface area contributed by atoms with Crippen LogP contribution in [0.4, 0.5) is 0 Å². The molecule has 2 N–H and O–H groups in total. The standard InChI is InChI=1S/C9H13N2/c1-2-6-10-8(4-1)9-5-3-7-11-9/h1-2,4,6,9-11H,3,5,7H2. The highest BCUT2D eigenvalue weighted by atomic mass is 15.0. The average Bonchev–Trinajstić information content (AvgIpc) is 2.58. The highest BCUT2D eigenvalue weighted by Gasteiger charge is 2.22. The van der Waals surface area contributed by atoms with Crippen LogP contribution in [-0.2, 0) is 0 Å². The molecule has 0 amide bonds. The molecule has 0 aromatic rings. The van der Waals surface area contributed by atoms with E-state index >= 15 is 0 Å². The Balaban J connectivity index is 1.94. The fraction of sp³-hybridized carbons (Fsp3) is 0.444. The Morgan fingerprint density at radius 1 is 1.36 bits per heavy atom. The Hall–Kier alpha value is -0.760. The quantitative estimate of drug-likeness (QED) is 0.580. The van der Waals surface area contributed by atoms with Crippen LogP contribution < -0.4 is 10.6 Å². The van der Waals surface area contributed by atoms with E-state index in [0.717, 1.165) is 6.54 Å². The summed E-state index contributed by atoms with van der Waals surface area (Å²) in [5.74, 6) is 0. The summed E-state index contributed by atoms with van der Waals surface area (Å²) in [5.41, 5.74) is 0. The number of nitrogens with one attached hydrogen (secondary N) is 2. The molecule has 0 aliphatic carbocycles. The van der Waals surface area contributed by atoms with Crippen LogP contribution in [0, 0.1) is 6.04 Å². The van der Waals surface area contributed by atoms with E-state index in [-0.39, 0.29) is 0 Å². The zero-order valence-electron chi connectivity index (χ0n) is 6.51. The number of rotatable bonds is 1. The lowest BCUT2D eigenvalue weighted by Crippen LogP contribution is -2.35. The fourth-order valence-corrected chi connectivity index (χ4v) is 1.57. The summed E-state index contributed by atoms with van der Waals surface area (Å²) in [7, 11) is 0. The normalized spacial score (nSPS) is 30.7. The fourth-order valence-electron chi connectivity index (χ4n) is 1.57. The summed E-state index contributed by atoms with van der Waals surface area (Å²) in [5, 5.41) is 6.69. The minimum Gasteiger partial charge on any atom is -0.378 e. The first-order valence-corrected chi connectivity index (χ1v) is 4.17. The Kier molecular flexibility index (Phi) is 1.95. The molecule has 11 heavy (non-hydrogen) atoms. The molecule has 2 heterocycles. The second-order valence-corrected chi connectivity index (χ2v) is 2.97. The van der Waals surface area contributed by atoms with Gasteiger partial charge in [0.15, 0.2) is 0 Å². The maximum atomic E-state index is 3.44. The van der Waals surface area contributed by atoms with Gasteiger partial charge in [0.05, 0.1) is 6.04 Å². The molecule has 0 spiro atoms. The van der Waals surface area contributed by atoms with E-state index in [1.54, 1.807) is 0 Å². The van der Waals surface area contributed by atoms with E-state index < -0.39 is 0 Å². The second kappa shape index (κ2) is 3.09. The molecule has 59 valence electrons. The van der Waals surface area contributed by atoms with E-state index in [9.17, 15) is 0 Å². The Labute approximate surface area is 67.4 Å². The van der Waals surface area contributed by atoms with Gasteiger partial charge in [0, 0.05) is 6.04 Å². The molecule has 0 aromatic carbocycles. The molecule has 2 nitrogen and oxygen atoms in total. The number of allylic oxidation sites excluding steroid dienone is 2. The molecule has 0 aromatic heterocycles. The highest BCUT2D eigenvalue weighted by Crippen LogP contribution is 2.17. The van der Waals surface area contributed by atoms with Crippen molar-refractivity contribution < 1.29 is 0 Å². The van der Waals surface area contributed by atoms with Crippen molar-refractivity contribution in [1.82, 2.24) is 10.6 Å². The molecule has 2 heteroatoms. The Morgan fingerprint density at radius 3 is 3.00 bits per heavy atom. The molecule has 2 aliphatic rings. The number of hydrogen-bond acceptors (Lipinski definition) is 2. The summed E-state index contributed by atoms with van der Waals surface area (Å²) in [6.07, 6.45) is 10.8. The first kappa shape index (κ1) is 6.92.